The number of benzene rings is 1. The minimum absolute atomic E-state index is 0.548. The van der Waals surface area contributed by atoms with Gasteiger partial charge in [0.1, 0.15) is 11.6 Å². The van der Waals surface area contributed by atoms with Crippen molar-refractivity contribution in [3.05, 3.63) is 48.0 Å². The molecule has 0 bridgehead atoms. The Hall–Kier alpha value is -1.81. The van der Waals surface area contributed by atoms with Crippen LogP contribution in [0, 0.1) is 0 Å². The molecule has 0 unspecified atom stereocenters. The fraction of sp³-hybridized carbons (Fsp3) is 0.438. The fourth-order valence-electron chi connectivity index (χ4n) is 2.18. The number of hydrogen-bond acceptors (Lipinski definition) is 3. The maximum atomic E-state index is 5.76. The average molecular weight is 273 g/mol. The summed E-state index contributed by atoms with van der Waals surface area (Å²) in [5.41, 5.74) is 6.72. The largest absolute Gasteiger partial charge is 0.494 e. The van der Waals surface area contributed by atoms with E-state index in [1.54, 1.807) is 0 Å². The molecule has 0 spiro atoms. The van der Waals surface area contributed by atoms with Crippen molar-refractivity contribution in [1.29, 1.82) is 0 Å². The number of imidazole rings is 1. The molecule has 0 aliphatic heterocycles. The molecule has 0 aliphatic carbocycles. The van der Waals surface area contributed by atoms with Gasteiger partial charge in [-0.05, 0) is 30.5 Å². The van der Waals surface area contributed by atoms with E-state index in [2.05, 4.69) is 16.5 Å². The lowest BCUT2D eigenvalue weighted by Crippen LogP contribution is -2.07. The van der Waals surface area contributed by atoms with E-state index >= 15 is 0 Å². The molecule has 1 aromatic carbocycles. The normalized spacial score (nSPS) is 10.7. The van der Waals surface area contributed by atoms with E-state index in [4.69, 9.17) is 10.5 Å². The van der Waals surface area contributed by atoms with Crippen molar-refractivity contribution in [3.8, 4) is 5.75 Å². The molecule has 0 saturated heterocycles. The molecule has 4 heteroatoms. The summed E-state index contributed by atoms with van der Waals surface area (Å²) in [4.78, 5) is 4.37. The number of aryl methyl sites for hydroxylation is 2. The Morgan fingerprint density at radius 2 is 2.25 bits per heavy atom. The molecular weight excluding hydrogens is 250 g/mol. The first-order chi connectivity index (χ1) is 9.83. The SMILES string of the molecule is CCCc1nccn1CCCOc1cccc(CN)c1. The number of nitrogens with two attached hydrogens (primary N) is 1. The summed E-state index contributed by atoms with van der Waals surface area (Å²) in [7, 11) is 0. The molecule has 2 aromatic rings. The molecule has 108 valence electrons. The molecular formula is C16H23N3O. The molecule has 2 N–H and O–H groups in total. The molecule has 0 saturated carbocycles. The van der Waals surface area contributed by atoms with E-state index in [-0.39, 0.29) is 0 Å². The Kier molecular flexibility index (Phi) is 5.62. The van der Waals surface area contributed by atoms with Gasteiger partial charge in [0.25, 0.3) is 0 Å². The van der Waals surface area contributed by atoms with E-state index in [9.17, 15) is 0 Å². The van der Waals surface area contributed by atoms with Gasteiger partial charge < -0.3 is 15.0 Å². The topological polar surface area (TPSA) is 53.1 Å². The highest BCUT2D eigenvalue weighted by Crippen LogP contribution is 2.13. The Balaban J connectivity index is 1.77. The summed E-state index contributed by atoms with van der Waals surface area (Å²) in [5.74, 6) is 2.06. The van der Waals surface area contributed by atoms with E-state index in [1.807, 2.05) is 36.7 Å². The third-order valence-electron chi connectivity index (χ3n) is 3.22. The second-order valence-corrected chi connectivity index (χ2v) is 4.84. The average Bonchev–Trinajstić information content (AvgIpc) is 2.92. The minimum Gasteiger partial charge on any atom is -0.494 e. The van der Waals surface area contributed by atoms with Gasteiger partial charge in [0.05, 0.1) is 6.61 Å². The van der Waals surface area contributed by atoms with Gasteiger partial charge in [0.15, 0.2) is 0 Å². The first-order valence-electron chi connectivity index (χ1n) is 7.25. The van der Waals surface area contributed by atoms with Gasteiger partial charge >= 0.3 is 0 Å². The van der Waals surface area contributed by atoms with Crippen LogP contribution in [0.4, 0.5) is 0 Å². The van der Waals surface area contributed by atoms with Crippen LogP contribution in [0.3, 0.4) is 0 Å². The highest BCUT2D eigenvalue weighted by molar-refractivity contribution is 5.28. The maximum Gasteiger partial charge on any atom is 0.119 e. The van der Waals surface area contributed by atoms with Crippen molar-refractivity contribution in [3.63, 3.8) is 0 Å². The smallest absolute Gasteiger partial charge is 0.119 e. The van der Waals surface area contributed by atoms with Crippen LogP contribution in [-0.4, -0.2) is 16.2 Å². The molecule has 1 aromatic heterocycles. The van der Waals surface area contributed by atoms with Crippen molar-refractivity contribution in [2.24, 2.45) is 5.73 Å². The summed E-state index contributed by atoms with van der Waals surface area (Å²) in [5, 5.41) is 0. The van der Waals surface area contributed by atoms with Crippen molar-refractivity contribution in [2.75, 3.05) is 6.61 Å². The zero-order chi connectivity index (χ0) is 14.2. The molecule has 0 fully saturated rings. The summed E-state index contributed by atoms with van der Waals surface area (Å²) >= 11 is 0. The number of hydrogen-bond donors (Lipinski definition) is 1. The van der Waals surface area contributed by atoms with Crippen LogP contribution in [0.25, 0.3) is 0 Å². The number of nitrogens with zero attached hydrogens (tertiary/aromatic N) is 2. The van der Waals surface area contributed by atoms with Gasteiger partial charge in [-0.3, -0.25) is 0 Å². The predicted octanol–water partition coefficient (Wildman–Crippen LogP) is 2.76. The standard InChI is InChI=1S/C16H23N3O/c1-2-5-16-18-8-10-19(16)9-4-11-20-15-7-3-6-14(12-15)13-17/h3,6-8,10,12H,2,4-5,9,11,13,17H2,1H3. The van der Waals surface area contributed by atoms with E-state index in [1.165, 1.54) is 0 Å². The van der Waals surface area contributed by atoms with E-state index < -0.39 is 0 Å². The summed E-state index contributed by atoms with van der Waals surface area (Å²) in [6.45, 7) is 4.38. The quantitative estimate of drug-likeness (QED) is 0.752. The molecule has 0 aliphatic rings. The van der Waals surface area contributed by atoms with Crippen molar-refractivity contribution in [2.45, 2.75) is 39.3 Å². The predicted molar refractivity (Wildman–Crippen MR) is 80.7 cm³/mol. The molecule has 1 heterocycles. The molecule has 0 radical (unpaired) electrons. The Bertz CT molecular complexity index is 522. The van der Waals surface area contributed by atoms with Crippen LogP contribution in [0.15, 0.2) is 36.7 Å². The highest BCUT2D eigenvalue weighted by atomic mass is 16.5. The van der Waals surface area contributed by atoms with Crippen LogP contribution in [0.2, 0.25) is 0 Å². The second-order valence-electron chi connectivity index (χ2n) is 4.84. The van der Waals surface area contributed by atoms with Crippen molar-refractivity contribution < 1.29 is 4.74 Å². The van der Waals surface area contributed by atoms with Gasteiger partial charge in [-0.25, -0.2) is 4.98 Å². The van der Waals surface area contributed by atoms with E-state index in [0.29, 0.717) is 13.2 Å². The van der Waals surface area contributed by atoms with Gasteiger partial charge in [-0.15, -0.1) is 0 Å². The third kappa shape index (κ3) is 4.10. The molecule has 20 heavy (non-hydrogen) atoms. The second kappa shape index (κ2) is 7.70. The highest BCUT2D eigenvalue weighted by Gasteiger charge is 2.01. The fourth-order valence-corrected chi connectivity index (χ4v) is 2.18. The van der Waals surface area contributed by atoms with Crippen LogP contribution in [-0.2, 0) is 19.5 Å². The van der Waals surface area contributed by atoms with Crippen LogP contribution in [0.1, 0.15) is 31.2 Å². The minimum atomic E-state index is 0.548. The number of rotatable bonds is 8. The van der Waals surface area contributed by atoms with Gasteiger partial charge in [0.2, 0.25) is 0 Å². The summed E-state index contributed by atoms with van der Waals surface area (Å²) < 4.78 is 7.97. The first kappa shape index (κ1) is 14.6. The van der Waals surface area contributed by atoms with Gasteiger partial charge in [0, 0.05) is 31.9 Å². The molecule has 0 amide bonds. The Labute approximate surface area is 120 Å². The zero-order valence-corrected chi connectivity index (χ0v) is 12.1. The Morgan fingerprint density at radius 1 is 1.35 bits per heavy atom. The first-order valence-corrected chi connectivity index (χ1v) is 7.25. The van der Waals surface area contributed by atoms with Crippen LogP contribution >= 0.6 is 0 Å². The molecule has 2 rings (SSSR count). The van der Waals surface area contributed by atoms with Gasteiger partial charge in [-0.2, -0.15) is 0 Å². The Morgan fingerprint density at radius 3 is 3.05 bits per heavy atom. The lowest BCUT2D eigenvalue weighted by Gasteiger charge is -2.09. The summed E-state index contributed by atoms with van der Waals surface area (Å²) in [6.07, 6.45) is 7.04. The molecule has 4 nitrogen and oxygen atoms in total. The lowest BCUT2D eigenvalue weighted by molar-refractivity contribution is 0.300. The van der Waals surface area contributed by atoms with Crippen LogP contribution < -0.4 is 10.5 Å². The lowest BCUT2D eigenvalue weighted by atomic mass is 10.2. The maximum absolute atomic E-state index is 5.76. The molecule has 0 atom stereocenters. The van der Waals surface area contributed by atoms with Crippen molar-refractivity contribution >= 4 is 0 Å². The zero-order valence-electron chi connectivity index (χ0n) is 12.1. The third-order valence-corrected chi connectivity index (χ3v) is 3.22. The van der Waals surface area contributed by atoms with Crippen LogP contribution in [0.5, 0.6) is 5.75 Å². The van der Waals surface area contributed by atoms with Gasteiger partial charge in [-0.1, -0.05) is 19.1 Å². The van der Waals surface area contributed by atoms with E-state index in [0.717, 1.165) is 42.9 Å². The number of ether oxygens (including phenoxy) is 1. The van der Waals surface area contributed by atoms with Crippen molar-refractivity contribution in [1.82, 2.24) is 9.55 Å². The monoisotopic (exact) mass is 273 g/mol. The number of aromatic nitrogens is 2. The summed E-state index contributed by atoms with van der Waals surface area (Å²) in [6, 6.07) is 7.96.